The third kappa shape index (κ3) is 4.14. The van der Waals surface area contributed by atoms with Crippen molar-refractivity contribution in [2.75, 3.05) is 5.32 Å². The van der Waals surface area contributed by atoms with Crippen molar-refractivity contribution in [2.45, 2.75) is 19.9 Å². The van der Waals surface area contributed by atoms with Gasteiger partial charge in [-0.3, -0.25) is 4.79 Å². The summed E-state index contributed by atoms with van der Waals surface area (Å²) >= 11 is 0. The van der Waals surface area contributed by atoms with Gasteiger partial charge in [-0.05, 0) is 30.2 Å². The Bertz CT molecular complexity index is 651. The molecule has 1 aromatic heterocycles. The predicted molar refractivity (Wildman–Crippen MR) is 75.4 cm³/mol. The normalized spacial score (nSPS) is 10.1. The maximum absolute atomic E-state index is 11.9. The van der Waals surface area contributed by atoms with Crippen LogP contribution < -0.4 is 15.0 Å². The Morgan fingerprint density at radius 2 is 1.90 bits per heavy atom. The van der Waals surface area contributed by atoms with E-state index >= 15 is 0 Å². The molecule has 0 bridgehead atoms. The van der Waals surface area contributed by atoms with E-state index in [2.05, 4.69) is 12.2 Å². The fraction of sp³-hybridized carbons (Fsp3) is 0.188. The number of nitrogens with zero attached hydrogens (tertiary/aromatic N) is 1. The lowest BCUT2D eigenvalue weighted by atomic mass is 10.1. The van der Waals surface area contributed by atoms with Crippen LogP contribution >= 0.6 is 0 Å². The molecule has 2 aromatic rings. The van der Waals surface area contributed by atoms with Crippen molar-refractivity contribution in [1.29, 1.82) is 0 Å². The number of anilines is 1. The summed E-state index contributed by atoms with van der Waals surface area (Å²) < 4.78 is 1.50. The number of pyridine rings is 1. The number of hydrogen-bond acceptors (Lipinski definition) is 3. The minimum atomic E-state index is -1.26. The van der Waals surface area contributed by atoms with Gasteiger partial charge < -0.3 is 15.2 Å². The first kappa shape index (κ1) is 14.7. The van der Waals surface area contributed by atoms with Gasteiger partial charge in [0.05, 0.1) is 11.5 Å². The van der Waals surface area contributed by atoms with Gasteiger partial charge in [0.15, 0.2) is 12.4 Å². The fourth-order valence-corrected chi connectivity index (χ4v) is 1.93. The maximum Gasteiger partial charge on any atom is 0.290 e. The molecule has 0 spiro atoms. The molecule has 0 atom stereocenters. The lowest BCUT2D eigenvalue weighted by molar-refractivity contribution is -0.684. The highest BCUT2D eigenvalue weighted by molar-refractivity contribution is 5.89. The van der Waals surface area contributed by atoms with Crippen molar-refractivity contribution >= 4 is 17.6 Å². The zero-order chi connectivity index (χ0) is 15.2. The smallest absolute Gasteiger partial charge is 0.290 e. The third-order valence-corrected chi connectivity index (χ3v) is 3.07. The van der Waals surface area contributed by atoms with Crippen LogP contribution in [0.2, 0.25) is 0 Å². The van der Waals surface area contributed by atoms with Crippen LogP contribution in [0.5, 0.6) is 0 Å². The van der Waals surface area contributed by atoms with Crippen LogP contribution in [0, 0.1) is 0 Å². The van der Waals surface area contributed by atoms with E-state index in [9.17, 15) is 14.7 Å². The number of carboxylic acid groups (broad SMARTS) is 1. The Labute approximate surface area is 122 Å². The van der Waals surface area contributed by atoms with Gasteiger partial charge in [0.2, 0.25) is 6.54 Å². The highest BCUT2D eigenvalue weighted by Gasteiger charge is 2.10. The summed E-state index contributed by atoms with van der Waals surface area (Å²) in [5, 5.41) is 13.5. The Balaban J connectivity index is 2.00. The highest BCUT2D eigenvalue weighted by Crippen LogP contribution is 2.09. The molecule has 0 saturated carbocycles. The Morgan fingerprint density at radius 3 is 2.52 bits per heavy atom. The van der Waals surface area contributed by atoms with E-state index < -0.39 is 5.97 Å². The average molecular weight is 284 g/mol. The first-order valence-electron chi connectivity index (χ1n) is 6.67. The molecule has 0 unspecified atom stereocenters. The molecule has 1 N–H and O–H groups in total. The second-order valence-electron chi connectivity index (χ2n) is 4.65. The summed E-state index contributed by atoms with van der Waals surface area (Å²) in [5.74, 6) is -1.49. The Kier molecular flexibility index (Phi) is 4.66. The zero-order valence-electron chi connectivity index (χ0n) is 11.7. The number of carbonyl (C=O) groups is 2. The van der Waals surface area contributed by atoms with E-state index in [0.717, 1.165) is 6.42 Å². The van der Waals surface area contributed by atoms with Gasteiger partial charge >= 0.3 is 0 Å². The van der Waals surface area contributed by atoms with Crippen molar-refractivity contribution in [3.05, 3.63) is 59.9 Å². The van der Waals surface area contributed by atoms with Crippen LogP contribution in [0.4, 0.5) is 5.69 Å². The number of amides is 1. The van der Waals surface area contributed by atoms with E-state index in [4.69, 9.17) is 0 Å². The minimum Gasteiger partial charge on any atom is -0.545 e. The topological polar surface area (TPSA) is 73.1 Å². The molecule has 2 rings (SSSR count). The summed E-state index contributed by atoms with van der Waals surface area (Å²) in [7, 11) is 0. The molecule has 1 aromatic carbocycles. The molecule has 0 radical (unpaired) electrons. The SMILES string of the molecule is CCc1ccc(NC(=O)C[n+]2cccc(C(=O)[O-])c2)cc1. The van der Waals surface area contributed by atoms with Crippen molar-refractivity contribution in [1.82, 2.24) is 0 Å². The average Bonchev–Trinajstić information content (AvgIpc) is 2.48. The molecule has 1 heterocycles. The largest absolute Gasteiger partial charge is 0.545 e. The number of benzene rings is 1. The lowest BCUT2D eigenvalue weighted by Crippen LogP contribution is -2.41. The van der Waals surface area contributed by atoms with E-state index in [-0.39, 0.29) is 18.0 Å². The summed E-state index contributed by atoms with van der Waals surface area (Å²) in [6.07, 6.45) is 3.95. The zero-order valence-corrected chi connectivity index (χ0v) is 11.7. The van der Waals surface area contributed by atoms with Crippen LogP contribution in [-0.4, -0.2) is 11.9 Å². The predicted octanol–water partition coefficient (Wildman–Crippen LogP) is 0.539. The second-order valence-corrected chi connectivity index (χ2v) is 4.65. The molecule has 0 aliphatic rings. The Morgan fingerprint density at radius 1 is 1.19 bits per heavy atom. The number of aromatic carboxylic acids is 1. The van der Waals surface area contributed by atoms with Gasteiger partial charge in [-0.15, -0.1) is 0 Å². The van der Waals surface area contributed by atoms with Crippen molar-refractivity contribution < 1.29 is 19.3 Å². The number of carboxylic acids is 1. The summed E-state index contributed by atoms with van der Waals surface area (Å²) in [6.45, 7) is 2.10. The van der Waals surface area contributed by atoms with Gasteiger partial charge in [-0.1, -0.05) is 19.1 Å². The van der Waals surface area contributed by atoms with Gasteiger partial charge in [-0.25, -0.2) is 0 Å². The van der Waals surface area contributed by atoms with Crippen molar-refractivity contribution in [2.24, 2.45) is 0 Å². The van der Waals surface area contributed by atoms with E-state index in [1.807, 2.05) is 24.3 Å². The van der Waals surface area contributed by atoms with E-state index in [1.165, 1.54) is 22.4 Å². The number of nitrogens with one attached hydrogen (secondary N) is 1. The second kappa shape index (κ2) is 6.65. The molecular formula is C16H16N2O3. The van der Waals surface area contributed by atoms with Crippen LogP contribution in [-0.2, 0) is 17.8 Å². The van der Waals surface area contributed by atoms with Crippen LogP contribution in [0.1, 0.15) is 22.8 Å². The van der Waals surface area contributed by atoms with Crippen molar-refractivity contribution in [3.8, 4) is 0 Å². The van der Waals surface area contributed by atoms with Gasteiger partial charge in [0.25, 0.3) is 5.91 Å². The first-order chi connectivity index (χ1) is 10.1. The number of carbonyl (C=O) groups excluding carboxylic acids is 2. The number of rotatable bonds is 5. The minimum absolute atomic E-state index is 0.0383. The molecule has 1 amide bonds. The number of aryl methyl sites for hydroxylation is 1. The van der Waals surface area contributed by atoms with E-state index in [1.54, 1.807) is 12.3 Å². The molecule has 21 heavy (non-hydrogen) atoms. The summed E-state index contributed by atoms with van der Waals surface area (Å²) in [6, 6.07) is 10.6. The van der Waals surface area contributed by atoms with Crippen LogP contribution in [0.3, 0.4) is 0 Å². The third-order valence-electron chi connectivity index (χ3n) is 3.07. The monoisotopic (exact) mass is 284 g/mol. The molecule has 5 heteroatoms. The standard InChI is InChI=1S/C16H16N2O3/c1-2-12-5-7-14(8-6-12)17-15(19)11-18-9-3-4-13(10-18)16(20)21/h3-10H,2,11H2,1H3,(H-,17,19,20,21). The molecule has 5 nitrogen and oxygen atoms in total. The van der Waals surface area contributed by atoms with Gasteiger partial charge in [0.1, 0.15) is 0 Å². The lowest BCUT2D eigenvalue weighted by Gasteiger charge is -2.05. The molecule has 0 fully saturated rings. The summed E-state index contributed by atoms with van der Waals surface area (Å²) in [4.78, 5) is 22.7. The molecule has 0 aliphatic carbocycles. The maximum atomic E-state index is 11.9. The van der Waals surface area contributed by atoms with Crippen LogP contribution in [0.15, 0.2) is 48.8 Å². The molecule has 0 aliphatic heterocycles. The Hall–Kier alpha value is -2.69. The highest BCUT2D eigenvalue weighted by atomic mass is 16.4. The fourth-order valence-electron chi connectivity index (χ4n) is 1.93. The van der Waals surface area contributed by atoms with Gasteiger partial charge in [-0.2, -0.15) is 4.57 Å². The van der Waals surface area contributed by atoms with Crippen molar-refractivity contribution in [3.63, 3.8) is 0 Å². The molecule has 0 saturated heterocycles. The first-order valence-corrected chi connectivity index (χ1v) is 6.67. The summed E-state index contributed by atoms with van der Waals surface area (Å²) in [5.41, 5.74) is 1.95. The molecular weight excluding hydrogens is 268 g/mol. The van der Waals surface area contributed by atoms with Gasteiger partial charge in [0, 0.05) is 11.8 Å². The quantitative estimate of drug-likeness (QED) is 0.814. The number of aromatic nitrogens is 1. The van der Waals surface area contributed by atoms with Crippen LogP contribution in [0.25, 0.3) is 0 Å². The molecule has 108 valence electrons. The van der Waals surface area contributed by atoms with E-state index in [0.29, 0.717) is 5.69 Å². The number of hydrogen-bond donors (Lipinski definition) is 1.